The Kier molecular flexibility index (Phi) is 3.62. The van der Waals surface area contributed by atoms with Crippen molar-refractivity contribution < 1.29 is 19.7 Å². The van der Waals surface area contributed by atoms with Crippen LogP contribution in [0.3, 0.4) is 0 Å². The van der Waals surface area contributed by atoms with E-state index >= 15 is 0 Å². The highest BCUT2D eigenvalue weighted by molar-refractivity contribution is 5.23. The molecule has 100 valence electrons. The fourth-order valence-corrected chi connectivity index (χ4v) is 1.97. The Morgan fingerprint density at radius 1 is 1.67 bits per heavy atom. The summed E-state index contributed by atoms with van der Waals surface area (Å²) < 4.78 is 11.7. The first-order valence-electron chi connectivity index (χ1n) is 5.40. The van der Waals surface area contributed by atoms with E-state index in [1.165, 1.54) is 23.9 Å². The summed E-state index contributed by atoms with van der Waals surface area (Å²) >= 11 is 0. The largest absolute Gasteiger partial charge is 0.394 e. The van der Waals surface area contributed by atoms with Gasteiger partial charge in [-0.25, -0.2) is 4.79 Å². The minimum absolute atomic E-state index is 0.0995. The van der Waals surface area contributed by atoms with Gasteiger partial charge in [0.2, 0.25) is 0 Å². The van der Waals surface area contributed by atoms with Crippen LogP contribution < -0.4 is 11.4 Å². The lowest BCUT2D eigenvalue weighted by Crippen LogP contribution is -2.37. The standard InChI is InChI=1S/C10H15N3O5/c1-17-8-7(15)5(4-14)18-9(8)13-3-2-6(11)12-10(13)16/h2-3,5,7-9,14-15H,4H2,1H3,(H2,11,12,16)/t5-,7+,8+,9-/m1/s1. The van der Waals surface area contributed by atoms with Gasteiger partial charge in [-0.1, -0.05) is 0 Å². The van der Waals surface area contributed by atoms with E-state index in [0.29, 0.717) is 0 Å². The number of anilines is 1. The first-order chi connectivity index (χ1) is 8.58. The van der Waals surface area contributed by atoms with Crippen LogP contribution in [0.1, 0.15) is 6.23 Å². The number of methoxy groups -OCH3 is 1. The average molecular weight is 257 g/mol. The van der Waals surface area contributed by atoms with Gasteiger partial charge >= 0.3 is 5.69 Å². The monoisotopic (exact) mass is 257 g/mol. The maximum atomic E-state index is 11.7. The van der Waals surface area contributed by atoms with Crippen molar-refractivity contribution in [2.24, 2.45) is 0 Å². The second-order valence-electron chi connectivity index (χ2n) is 3.98. The summed E-state index contributed by atoms with van der Waals surface area (Å²) in [7, 11) is 1.39. The predicted molar refractivity (Wildman–Crippen MR) is 60.7 cm³/mol. The summed E-state index contributed by atoms with van der Waals surface area (Å²) in [5.41, 5.74) is 4.78. The number of ether oxygens (including phenoxy) is 2. The molecule has 8 nitrogen and oxygen atoms in total. The molecular formula is C10H15N3O5. The van der Waals surface area contributed by atoms with E-state index in [1.807, 2.05) is 0 Å². The molecule has 2 heterocycles. The quantitative estimate of drug-likeness (QED) is 0.578. The fourth-order valence-electron chi connectivity index (χ4n) is 1.97. The van der Waals surface area contributed by atoms with Gasteiger partial charge in [0.05, 0.1) is 6.61 Å². The topological polar surface area (TPSA) is 120 Å². The lowest BCUT2D eigenvalue weighted by atomic mass is 10.1. The molecule has 1 aromatic heterocycles. The minimum Gasteiger partial charge on any atom is -0.394 e. The molecule has 0 saturated carbocycles. The minimum atomic E-state index is -1.02. The van der Waals surface area contributed by atoms with Crippen LogP contribution >= 0.6 is 0 Å². The Morgan fingerprint density at radius 3 is 2.94 bits per heavy atom. The zero-order valence-corrected chi connectivity index (χ0v) is 9.76. The molecule has 0 amide bonds. The molecular weight excluding hydrogens is 242 g/mol. The van der Waals surface area contributed by atoms with Crippen LogP contribution in [-0.4, -0.2) is 51.8 Å². The van der Waals surface area contributed by atoms with Crippen molar-refractivity contribution in [1.29, 1.82) is 0 Å². The Labute approximate surface area is 103 Å². The number of hydrogen-bond acceptors (Lipinski definition) is 7. The van der Waals surface area contributed by atoms with Gasteiger partial charge in [0.25, 0.3) is 0 Å². The van der Waals surface area contributed by atoms with Crippen LogP contribution in [0, 0.1) is 0 Å². The number of hydrogen-bond donors (Lipinski definition) is 3. The van der Waals surface area contributed by atoms with E-state index in [2.05, 4.69) is 4.98 Å². The van der Waals surface area contributed by atoms with Gasteiger partial charge < -0.3 is 25.4 Å². The van der Waals surface area contributed by atoms with E-state index in [1.54, 1.807) is 0 Å². The first-order valence-corrected chi connectivity index (χ1v) is 5.40. The summed E-state index contributed by atoms with van der Waals surface area (Å²) in [5, 5.41) is 18.9. The lowest BCUT2D eigenvalue weighted by Gasteiger charge is -2.20. The molecule has 1 saturated heterocycles. The number of aromatic nitrogens is 2. The van der Waals surface area contributed by atoms with Crippen molar-refractivity contribution in [3.8, 4) is 0 Å². The Hall–Kier alpha value is -1.48. The Bertz CT molecular complexity index is 477. The number of nitrogens with two attached hydrogens (primary N) is 1. The maximum Gasteiger partial charge on any atom is 0.351 e. The second kappa shape index (κ2) is 5.02. The summed E-state index contributed by atoms with van der Waals surface area (Å²) in [4.78, 5) is 15.3. The van der Waals surface area contributed by atoms with Crippen molar-refractivity contribution in [3.63, 3.8) is 0 Å². The molecule has 0 unspecified atom stereocenters. The molecule has 8 heteroatoms. The molecule has 1 fully saturated rings. The first kappa shape index (κ1) is 13.0. The van der Waals surface area contributed by atoms with Crippen molar-refractivity contribution in [2.45, 2.75) is 24.5 Å². The number of nitrogen functional groups attached to an aromatic ring is 1. The van der Waals surface area contributed by atoms with Gasteiger partial charge in [-0.15, -0.1) is 0 Å². The van der Waals surface area contributed by atoms with Crippen LogP contribution in [0.5, 0.6) is 0 Å². The van der Waals surface area contributed by atoms with Gasteiger partial charge in [-0.2, -0.15) is 4.98 Å². The van der Waals surface area contributed by atoms with Gasteiger partial charge in [0.1, 0.15) is 24.1 Å². The van der Waals surface area contributed by atoms with Gasteiger partial charge in [-0.05, 0) is 6.07 Å². The van der Waals surface area contributed by atoms with Crippen LogP contribution in [0.15, 0.2) is 17.1 Å². The zero-order valence-electron chi connectivity index (χ0n) is 9.76. The smallest absolute Gasteiger partial charge is 0.351 e. The van der Waals surface area contributed by atoms with Crippen molar-refractivity contribution >= 4 is 5.82 Å². The lowest BCUT2D eigenvalue weighted by molar-refractivity contribution is -0.0624. The van der Waals surface area contributed by atoms with Crippen LogP contribution in [0.2, 0.25) is 0 Å². The van der Waals surface area contributed by atoms with Crippen LogP contribution in [-0.2, 0) is 9.47 Å². The molecule has 0 bridgehead atoms. The summed E-state index contributed by atoms with van der Waals surface area (Å²) in [6.45, 7) is -0.366. The summed E-state index contributed by atoms with van der Waals surface area (Å²) in [6.07, 6.45) is -2.01. The van der Waals surface area contributed by atoms with E-state index in [4.69, 9.17) is 20.3 Å². The highest BCUT2D eigenvalue weighted by Crippen LogP contribution is 2.30. The molecule has 1 aromatic rings. The number of aliphatic hydroxyl groups excluding tert-OH is 2. The molecule has 4 N–H and O–H groups in total. The number of aliphatic hydroxyl groups is 2. The molecule has 0 radical (unpaired) electrons. The van der Waals surface area contributed by atoms with E-state index in [0.717, 1.165) is 0 Å². The van der Waals surface area contributed by atoms with Crippen LogP contribution in [0.25, 0.3) is 0 Å². The third-order valence-electron chi connectivity index (χ3n) is 2.89. The molecule has 4 atom stereocenters. The second-order valence-corrected chi connectivity index (χ2v) is 3.98. The molecule has 2 rings (SSSR count). The average Bonchev–Trinajstić information content (AvgIpc) is 2.65. The van der Waals surface area contributed by atoms with Crippen LogP contribution in [0.4, 0.5) is 5.82 Å². The molecule has 0 aliphatic carbocycles. The van der Waals surface area contributed by atoms with Gasteiger partial charge in [0.15, 0.2) is 6.23 Å². The molecule has 1 aliphatic rings. The predicted octanol–water partition coefficient (Wildman–Crippen LogP) is -1.91. The highest BCUT2D eigenvalue weighted by atomic mass is 16.6. The van der Waals surface area contributed by atoms with E-state index in [-0.39, 0.29) is 12.4 Å². The normalized spacial score (nSPS) is 31.7. The molecule has 0 aromatic carbocycles. The summed E-state index contributed by atoms with van der Waals surface area (Å²) in [5.74, 6) is 0.0995. The Balaban J connectivity index is 2.35. The van der Waals surface area contributed by atoms with Crippen molar-refractivity contribution in [1.82, 2.24) is 9.55 Å². The van der Waals surface area contributed by atoms with E-state index in [9.17, 15) is 9.90 Å². The third-order valence-corrected chi connectivity index (χ3v) is 2.89. The molecule has 1 aliphatic heterocycles. The summed E-state index contributed by atoms with van der Waals surface area (Å²) in [6, 6.07) is 1.44. The fraction of sp³-hybridized carbons (Fsp3) is 0.600. The molecule has 18 heavy (non-hydrogen) atoms. The zero-order chi connectivity index (χ0) is 13.3. The van der Waals surface area contributed by atoms with E-state index < -0.39 is 30.2 Å². The van der Waals surface area contributed by atoms with Gasteiger partial charge in [0, 0.05) is 13.3 Å². The Morgan fingerprint density at radius 2 is 2.39 bits per heavy atom. The van der Waals surface area contributed by atoms with Crippen molar-refractivity contribution in [3.05, 3.63) is 22.7 Å². The van der Waals surface area contributed by atoms with Crippen molar-refractivity contribution in [2.75, 3.05) is 19.5 Å². The highest BCUT2D eigenvalue weighted by Gasteiger charge is 2.45. The van der Waals surface area contributed by atoms with Gasteiger partial charge in [-0.3, -0.25) is 4.57 Å². The number of rotatable bonds is 3. The third kappa shape index (κ3) is 2.10. The number of nitrogens with zero attached hydrogens (tertiary/aromatic N) is 2. The SMILES string of the molecule is CO[C@H]1[C@@H](O)[C@@H](CO)O[C@H]1n1ccc(N)nc1=O. The molecule has 0 spiro atoms. The maximum absolute atomic E-state index is 11.7.